The van der Waals surface area contributed by atoms with Gasteiger partial charge in [-0.05, 0) is 18.9 Å². The number of ether oxygens (including phenoxy) is 4. The Bertz CT molecular complexity index is 317. The van der Waals surface area contributed by atoms with Crippen molar-refractivity contribution in [1.82, 2.24) is 0 Å². The molecule has 2 fully saturated rings. The predicted octanol–water partition coefficient (Wildman–Crippen LogP) is 2.20. The monoisotopic (exact) mass is 240 g/mol. The minimum Gasteiger partial charge on any atom is -0.473 e. The summed E-state index contributed by atoms with van der Waals surface area (Å²) >= 11 is 0. The van der Waals surface area contributed by atoms with Gasteiger partial charge in [-0.15, -0.1) is 0 Å². The van der Waals surface area contributed by atoms with E-state index in [-0.39, 0.29) is 17.3 Å². The molecule has 2 heterocycles. The molecule has 4 nitrogen and oxygen atoms in total. The molecule has 3 aliphatic rings. The fourth-order valence-electron chi connectivity index (χ4n) is 3.57. The first-order chi connectivity index (χ1) is 8.30. The molecule has 0 aromatic rings. The summed E-state index contributed by atoms with van der Waals surface area (Å²) in [7, 11) is 1.65. The summed E-state index contributed by atoms with van der Waals surface area (Å²) in [6.45, 7) is 1.05. The Morgan fingerprint density at radius 1 is 1.35 bits per heavy atom. The van der Waals surface area contributed by atoms with Gasteiger partial charge in [0.05, 0.1) is 12.9 Å². The molecule has 3 atom stereocenters. The van der Waals surface area contributed by atoms with Crippen molar-refractivity contribution >= 4 is 0 Å². The maximum absolute atomic E-state index is 6.09. The van der Waals surface area contributed by atoms with E-state index in [1.54, 1.807) is 7.11 Å². The highest BCUT2D eigenvalue weighted by Gasteiger charge is 2.61. The van der Waals surface area contributed by atoms with E-state index in [0.717, 1.165) is 19.3 Å². The van der Waals surface area contributed by atoms with Gasteiger partial charge in [-0.2, -0.15) is 0 Å². The summed E-state index contributed by atoms with van der Waals surface area (Å²) in [5.74, 6) is 0. The fourth-order valence-corrected chi connectivity index (χ4v) is 3.57. The summed E-state index contributed by atoms with van der Waals surface area (Å²) in [5.41, 5.74) is -0.0661. The van der Waals surface area contributed by atoms with E-state index in [9.17, 15) is 0 Å². The zero-order valence-corrected chi connectivity index (χ0v) is 10.3. The lowest BCUT2D eigenvalue weighted by Crippen LogP contribution is -2.49. The Balaban J connectivity index is 1.82. The Hall–Kier alpha value is -0.580. The molecule has 0 amide bonds. The molecule has 1 saturated carbocycles. The lowest BCUT2D eigenvalue weighted by atomic mass is 9.63. The first kappa shape index (κ1) is 11.5. The average Bonchev–Trinajstić information content (AvgIpc) is 2.56. The highest BCUT2D eigenvalue weighted by Crippen LogP contribution is 2.57. The molecule has 0 radical (unpaired) electrons. The molecule has 17 heavy (non-hydrogen) atoms. The van der Waals surface area contributed by atoms with E-state index in [0.29, 0.717) is 13.4 Å². The van der Waals surface area contributed by atoms with Crippen molar-refractivity contribution in [2.24, 2.45) is 5.41 Å². The van der Waals surface area contributed by atoms with Gasteiger partial charge in [0.25, 0.3) is 0 Å². The minimum atomic E-state index is -0.151. The van der Waals surface area contributed by atoms with Gasteiger partial charge < -0.3 is 18.9 Å². The number of methoxy groups -OCH3 is 1. The van der Waals surface area contributed by atoms with Crippen LogP contribution in [0.25, 0.3) is 0 Å². The van der Waals surface area contributed by atoms with Gasteiger partial charge in [0.2, 0.25) is 6.29 Å². The Morgan fingerprint density at radius 3 is 3.12 bits per heavy atom. The maximum Gasteiger partial charge on any atom is 0.200 e. The average molecular weight is 240 g/mol. The molecule has 1 saturated heterocycles. The van der Waals surface area contributed by atoms with E-state index in [1.807, 2.05) is 6.26 Å². The van der Waals surface area contributed by atoms with Crippen LogP contribution in [-0.4, -0.2) is 32.4 Å². The third-order valence-corrected chi connectivity index (χ3v) is 4.40. The molecule has 4 heteroatoms. The van der Waals surface area contributed by atoms with Crippen molar-refractivity contribution in [3.05, 3.63) is 12.3 Å². The topological polar surface area (TPSA) is 36.9 Å². The summed E-state index contributed by atoms with van der Waals surface area (Å²) < 4.78 is 22.2. The van der Waals surface area contributed by atoms with Crippen molar-refractivity contribution in [3.8, 4) is 0 Å². The van der Waals surface area contributed by atoms with Crippen LogP contribution >= 0.6 is 0 Å². The van der Waals surface area contributed by atoms with Gasteiger partial charge in [0.1, 0.15) is 12.4 Å². The van der Waals surface area contributed by atoms with Crippen LogP contribution in [0.5, 0.6) is 0 Å². The van der Waals surface area contributed by atoms with Gasteiger partial charge in [-0.3, -0.25) is 0 Å². The van der Waals surface area contributed by atoms with Gasteiger partial charge in [-0.25, -0.2) is 0 Å². The normalized spacial score (nSPS) is 43.2. The molecule has 0 aromatic carbocycles. The van der Waals surface area contributed by atoms with Crippen molar-refractivity contribution < 1.29 is 18.9 Å². The van der Waals surface area contributed by atoms with Crippen LogP contribution in [-0.2, 0) is 18.9 Å². The van der Waals surface area contributed by atoms with Gasteiger partial charge >= 0.3 is 0 Å². The van der Waals surface area contributed by atoms with Gasteiger partial charge in [0.15, 0.2) is 0 Å². The molecule has 2 bridgehead atoms. The van der Waals surface area contributed by atoms with Crippen LogP contribution in [0.1, 0.15) is 32.1 Å². The van der Waals surface area contributed by atoms with Crippen LogP contribution in [0, 0.1) is 5.41 Å². The first-order valence-electron chi connectivity index (χ1n) is 6.38. The van der Waals surface area contributed by atoms with Crippen molar-refractivity contribution in [2.45, 2.75) is 44.0 Å². The Morgan fingerprint density at radius 2 is 2.24 bits per heavy atom. The molecule has 3 rings (SSSR count). The Kier molecular flexibility index (Phi) is 2.89. The largest absolute Gasteiger partial charge is 0.473 e. The summed E-state index contributed by atoms with van der Waals surface area (Å²) in [5, 5.41) is 0. The van der Waals surface area contributed by atoms with E-state index in [1.165, 1.54) is 12.8 Å². The number of hydrogen-bond donors (Lipinski definition) is 0. The lowest BCUT2D eigenvalue weighted by Gasteiger charge is -2.45. The van der Waals surface area contributed by atoms with Crippen molar-refractivity contribution in [3.63, 3.8) is 0 Å². The van der Waals surface area contributed by atoms with Gasteiger partial charge in [0, 0.05) is 18.9 Å². The van der Waals surface area contributed by atoms with Crippen molar-refractivity contribution in [2.75, 3.05) is 20.5 Å². The van der Waals surface area contributed by atoms with E-state index >= 15 is 0 Å². The number of fused-ring (bicyclic) bond motifs is 1. The molecule has 1 spiro atoms. The van der Waals surface area contributed by atoms with Crippen molar-refractivity contribution in [1.29, 1.82) is 0 Å². The molecular formula is C13H20O4. The quantitative estimate of drug-likeness (QED) is 0.557. The maximum atomic E-state index is 6.09. The summed E-state index contributed by atoms with van der Waals surface area (Å²) in [4.78, 5) is 0. The number of rotatable bonds is 4. The fraction of sp³-hybridized carbons (Fsp3) is 0.846. The second kappa shape index (κ2) is 4.26. The van der Waals surface area contributed by atoms with Crippen LogP contribution < -0.4 is 0 Å². The SMILES string of the molecule is COCOC[C@@]12CCCC[C@@]13C=CO[C@@H](C2)O3. The lowest BCUT2D eigenvalue weighted by molar-refractivity contribution is -0.173. The van der Waals surface area contributed by atoms with E-state index in [2.05, 4.69) is 6.08 Å². The molecular weight excluding hydrogens is 220 g/mol. The summed E-state index contributed by atoms with van der Waals surface area (Å²) in [6.07, 6.45) is 9.49. The van der Waals surface area contributed by atoms with E-state index < -0.39 is 0 Å². The molecule has 0 unspecified atom stereocenters. The van der Waals surface area contributed by atoms with Crippen LogP contribution in [0.15, 0.2) is 12.3 Å². The third kappa shape index (κ3) is 1.70. The molecule has 96 valence electrons. The zero-order valence-electron chi connectivity index (χ0n) is 10.3. The highest BCUT2D eigenvalue weighted by molar-refractivity contribution is 5.18. The van der Waals surface area contributed by atoms with E-state index in [4.69, 9.17) is 18.9 Å². The standard InChI is InChI=1S/C13H20O4/c1-14-10-15-9-12-4-2-3-5-13(12)6-7-16-11(8-12)17-13/h6-7,11H,2-5,8-10H2,1H3/t11-,12+,13-/m1/s1. The smallest absolute Gasteiger partial charge is 0.200 e. The second-order valence-electron chi connectivity index (χ2n) is 5.32. The second-order valence-corrected chi connectivity index (χ2v) is 5.32. The molecule has 0 N–H and O–H groups in total. The predicted molar refractivity (Wildman–Crippen MR) is 61.2 cm³/mol. The summed E-state index contributed by atoms with van der Waals surface area (Å²) in [6, 6.07) is 0. The van der Waals surface area contributed by atoms with Crippen LogP contribution in [0.2, 0.25) is 0 Å². The third-order valence-electron chi connectivity index (χ3n) is 4.40. The minimum absolute atomic E-state index is 0.0794. The Labute approximate surface area is 102 Å². The molecule has 1 aliphatic carbocycles. The van der Waals surface area contributed by atoms with Crippen LogP contribution in [0.3, 0.4) is 0 Å². The number of hydrogen-bond acceptors (Lipinski definition) is 4. The zero-order chi connectivity index (χ0) is 11.8. The van der Waals surface area contributed by atoms with Gasteiger partial charge in [-0.1, -0.05) is 12.8 Å². The first-order valence-corrected chi connectivity index (χ1v) is 6.38. The highest BCUT2D eigenvalue weighted by atomic mass is 16.7. The van der Waals surface area contributed by atoms with Crippen LogP contribution in [0.4, 0.5) is 0 Å². The molecule has 0 aromatic heterocycles. The molecule has 2 aliphatic heterocycles.